The van der Waals surface area contributed by atoms with Gasteiger partial charge in [0.2, 0.25) is 0 Å². The molecule has 3 rings (SSSR count). The van der Waals surface area contributed by atoms with Gasteiger partial charge in [-0.3, -0.25) is 4.79 Å². The lowest BCUT2D eigenvalue weighted by molar-refractivity contribution is 0.469. The van der Waals surface area contributed by atoms with Crippen LogP contribution < -0.4 is 5.56 Å². The molecule has 4 nitrogen and oxygen atoms in total. The average Bonchev–Trinajstić information content (AvgIpc) is 2.76. The third kappa shape index (κ3) is 1.77. The monoisotopic (exact) mass is 246 g/mol. The Labute approximate surface area is 102 Å². The van der Waals surface area contributed by atoms with E-state index in [1.807, 2.05) is 0 Å². The lowest BCUT2D eigenvalue weighted by atomic mass is 10.2. The fraction of sp³-hybridized carbons (Fsp3) is 0.231. The van der Waals surface area contributed by atoms with Crippen LogP contribution in [0.1, 0.15) is 17.7 Å². The number of aryl methyl sites for hydroxylation is 1. The summed E-state index contributed by atoms with van der Waals surface area (Å²) < 4.78 is 13.2. The number of rotatable bonds is 1. The lowest BCUT2D eigenvalue weighted by Crippen LogP contribution is -2.15. The normalized spacial score (nSPS) is 13.6. The summed E-state index contributed by atoms with van der Waals surface area (Å²) in [6, 6.07) is 3.62. The topological polar surface area (TPSA) is 66.0 Å². The zero-order valence-electron chi connectivity index (χ0n) is 9.53. The summed E-state index contributed by atoms with van der Waals surface area (Å²) >= 11 is 0. The standard InChI is InChI=1S/C13H11FN2O2/c14-8-4-7(5-9(17)6-8)12-15-11-3-1-2-10(11)13(18)16-12/h4-6,17H,1-3H2,(H,15,16,18). The number of hydrogen-bond donors (Lipinski definition) is 2. The van der Waals surface area contributed by atoms with E-state index >= 15 is 0 Å². The Hall–Kier alpha value is -2.17. The number of nitrogens with one attached hydrogen (secondary N) is 1. The molecule has 5 heteroatoms. The summed E-state index contributed by atoms with van der Waals surface area (Å²) in [5.41, 5.74) is 1.70. The molecule has 18 heavy (non-hydrogen) atoms. The Morgan fingerprint density at radius 1 is 1.28 bits per heavy atom. The van der Waals surface area contributed by atoms with E-state index in [4.69, 9.17) is 0 Å². The number of hydrogen-bond acceptors (Lipinski definition) is 3. The van der Waals surface area contributed by atoms with Crippen molar-refractivity contribution in [3.05, 3.63) is 45.6 Å². The number of aromatic amines is 1. The molecule has 92 valence electrons. The number of halogens is 1. The van der Waals surface area contributed by atoms with Crippen LogP contribution in [0, 0.1) is 5.82 Å². The molecule has 2 N–H and O–H groups in total. The molecule has 0 atom stereocenters. The zero-order chi connectivity index (χ0) is 12.7. The number of phenols is 1. The van der Waals surface area contributed by atoms with Gasteiger partial charge < -0.3 is 10.1 Å². The second-order valence-electron chi connectivity index (χ2n) is 4.39. The van der Waals surface area contributed by atoms with Crippen molar-refractivity contribution in [2.45, 2.75) is 19.3 Å². The van der Waals surface area contributed by atoms with E-state index < -0.39 is 5.82 Å². The number of phenolic OH excluding ortho intramolecular Hbond substituents is 1. The van der Waals surface area contributed by atoms with E-state index in [0.717, 1.165) is 36.6 Å². The maximum atomic E-state index is 13.2. The van der Waals surface area contributed by atoms with Gasteiger partial charge in [0.25, 0.3) is 5.56 Å². The zero-order valence-corrected chi connectivity index (χ0v) is 9.53. The quantitative estimate of drug-likeness (QED) is 0.805. The third-order valence-electron chi connectivity index (χ3n) is 3.10. The summed E-state index contributed by atoms with van der Waals surface area (Å²) in [6.45, 7) is 0. The first-order valence-corrected chi connectivity index (χ1v) is 5.75. The molecule has 0 unspecified atom stereocenters. The van der Waals surface area contributed by atoms with Crippen molar-refractivity contribution in [3.8, 4) is 17.1 Å². The second-order valence-corrected chi connectivity index (χ2v) is 4.39. The van der Waals surface area contributed by atoms with E-state index in [-0.39, 0.29) is 11.3 Å². The lowest BCUT2D eigenvalue weighted by Gasteiger charge is -2.05. The highest BCUT2D eigenvalue weighted by Crippen LogP contribution is 2.24. The minimum Gasteiger partial charge on any atom is -0.508 e. The first-order valence-electron chi connectivity index (χ1n) is 5.75. The fourth-order valence-corrected chi connectivity index (χ4v) is 2.29. The summed E-state index contributed by atoms with van der Waals surface area (Å²) in [6.07, 6.45) is 2.43. The summed E-state index contributed by atoms with van der Waals surface area (Å²) in [5, 5.41) is 9.36. The Bertz CT molecular complexity index is 659. The van der Waals surface area contributed by atoms with Gasteiger partial charge in [-0.2, -0.15) is 0 Å². The van der Waals surface area contributed by atoms with Crippen molar-refractivity contribution < 1.29 is 9.50 Å². The maximum absolute atomic E-state index is 13.2. The predicted octanol–water partition coefficient (Wildman–Crippen LogP) is 1.77. The largest absolute Gasteiger partial charge is 0.508 e. The van der Waals surface area contributed by atoms with Crippen molar-refractivity contribution in [2.24, 2.45) is 0 Å². The summed E-state index contributed by atoms with van der Waals surface area (Å²) in [5.74, 6) is -0.447. The van der Waals surface area contributed by atoms with Crippen LogP contribution in [-0.2, 0) is 12.8 Å². The maximum Gasteiger partial charge on any atom is 0.254 e. The Morgan fingerprint density at radius 3 is 2.89 bits per heavy atom. The van der Waals surface area contributed by atoms with E-state index in [0.29, 0.717) is 11.4 Å². The van der Waals surface area contributed by atoms with E-state index in [1.165, 1.54) is 12.1 Å². The van der Waals surface area contributed by atoms with Gasteiger partial charge in [-0.1, -0.05) is 0 Å². The number of aromatic nitrogens is 2. The molecule has 0 radical (unpaired) electrons. The van der Waals surface area contributed by atoms with Crippen molar-refractivity contribution in [2.75, 3.05) is 0 Å². The molecule has 0 bridgehead atoms. The third-order valence-corrected chi connectivity index (χ3v) is 3.10. The first kappa shape index (κ1) is 11.0. The van der Waals surface area contributed by atoms with Crippen LogP contribution >= 0.6 is 0 Å². The van der Waals surface area contributed by atoms with Gasteiger partial charge in [0.1, 0.15) is 17.4 Å². The molecule has 1 aromatic heterocycles. The van der Waals surface area contributed by atoms with Gasteiger partial charge in [0.05, 0.1) is 5.69 Å². The van der Waals surface area contributed by atoms with Crippen molar-refractivity contribution in [3.63, 3.8) is 0 Å². The average molecular weight is 246 g/mol. The van der Waals surface area contributed by atoms with Gasteiger partial charge >= 0.3 is 0 Å². The van der Waals surface area contributed by atoms with Gasteiger partial charge in [-0.15, -0.1) is 0 Å². The van der Waals surface area contributed by atoms with Crippen LogP contribution in [0.4, 0.5) is 4.39 Å². The number of H-pyrrole nitrogens is 1. The highest BCUT2D eigenvalue weighted by molar-refractivity contribution is 5.58. The predicted molar refractivity (Wildman–Crippen MR) is 63.9 cm³/mol. The minimum atomic E-state index is -0.562. The van der Waals surface area contributed by atoms with Crippen molar-refractivity contribution in [1.82, 2.24) is 9.97 Å². The van der Waals surface area contributed by atoms with Gasteiger partial charge in [0.15, 0.2) is 0 Å². The van der Waals surface area contributed by atoms with Gasteiger partial charge in [-0.05, 0) is 31.4 Å². The van der Waals surface area contributed by atoms with E-state index in [1.54, 1.807) is 0 Å². The molecule has 1 aliphatic rings. The SMILES string of the molecule is O=c1[nH]c(-c2cc(O)cc(F)c2)nc2c1CCC2. The molecule has 0 aliphatic heterocycles. The van der Waals surface area contributed by atoms with Crippen molar-refractivity contribution in [1.29, 1.82) is 0 Å². The molecule has 1 heterocycles. The van der Waals surface area contributed by atoms with Gasteiger partial charge in [-0.25, -0.2) is 9.37 Å². The number of benzene rings is 1. The molecule has 0 amide bonds. The first-order chi connectivity index (χ1) is 8.63. The summed E-state index contributed by atoms with van der Waals surface area (Å²) in [4.78, 5) is 18.8. The molecule has 1 aliphatic carbocycles. The van der Waals surface area contributed by atoms with Crippen LogP contribution in [0.5, 0.6) is 5.75 Å². The van der Waals surface area contributed by atoms with Crippen molar-refractivity contribution >= 4 is 0 Å². The Balaban J connectivity index is 2.18. The van der Waals surface area contributed by atoms with Crippen LogP contribution in [0.3, 0.4) is 0 Å². The second kappa shape index (κ2) is 3.94. The number of aromatic hydroxyl groups is 1. The molecule has 0 fully saturated rings. The van der Waals surface area contributed by atoms with E-state index in [9.17, 15) is 14.3 Å². The van der Waals surface area contributed by atoms with Crippen LogP contribution in [-0.4, -0.2) is 15.1 Å². The smallest absolute Gasteiger partial charge is 0.254 e. The minimum absolute atomic E-state index is 0.170. The Morgan fingerprint density at radius 2 is 2.11 bits per heavy atom. The van der Waals surface area contributed by atoms with Crippen LogP contribution in [0.25, 0.3) is 11.4 Å². The summed E-state index contributed by atoms with van der Waals surface area (Å²) in [7, 11) is 0. The molecule has 0 saturated heterocycles. The molecule has 0 spiro atoms. The highest BCUT2D eigenvalue weighted by atomic mass is 19.1. The molecule has 2 aromatic rings. The van der Waals surface area contributed by atoms with E-state index in [2.05, 4.69) is 9.97 Å². The van der Waals surface area contributed by atoms with Crippen LogP contribution in [0.15, 0.2) is 23.0 Å². The molecular weight excluding hydrogens is 235 g/mol. The molecule has 0 saturated carbocycles. The fourth-order valence-electron chi connectivity index (χ4n) is 2.29. The molecular formula is C13H11FN2O2. The number of fused-ring (bicyclic) bond motifs is 1. The van der Waals surface area contributed by atoms with Crippen LogP contribution in [0.2, 0.25) is 0 Å². The molecule has 1 aromatic carbocycles. The number of nitrogens with zero attached hydrogens (tertiary/aromatic N) is 1. The highest BCUT2D eigenvalue weighted by Gasteiger charge is 2.17. The van der Waals surface area contributed by atoms with Gasteiger partial charge in [0, 0.05) is 17.2 Å². The Kier molecular flexibility index (Phi) is 2.40.